The van der Waals surface area contributed by atoms with Crippen molar-refractivity contribution in [3.05, 3.63) is 59.4 Å². The lowest BCUT2D eigenvalue weighted by atomic mass is 10.2. The summed E-state index contributed by atoms with van der Waals surface area (Å²) < 4.78 is 16.2. The molecule has 1 aliphatic heterocycles. The van der Waals surface area contributed by atoms with Crippen LogP contribution in [0.15, 0.2) is 47.2 Å². The Balaban J connectivity index is 1.37. The molecule has 3 heterocycles. The van der Waals surface area contributed by atoms with Crippen LogP contribution < -0.4 is 10.6 Å². The number of aromatic nitrogens is 3. The molecule has 0 aliphatic carbocycles. The van der Waals surface area contributed by atoms with Crippen LogP contribution in [0.5, 0.6) is 0 Å². The molecule has 2 N–H and O–H groups in total. The highest BCUT2D eigenvalue weighted by Gasteiger charge is 2.19. The third-order valence-electron chi connectivity index (χ3n) is 4.81. The highest BCUT2D eigenvalue weighted by Crippen LogP contribution is 2.19. The first kappa shape index (κ1) is 18.4. The Morgan fingerprint density at radius 1 is 1.21 bits per heavy atom. The first-order valence-corrected chi connectivity index (χ1v) is 9.98. The number of thiazole rings is 1. The topological polar surface area (TPSA) is 75.6 Å². The summed E-state index contributed by atoms with van der Waals surface area (Å²) in [5, 5.41) is 3.02. The summed E-state index contributed by atoms with van der Waals surface area (Å²) in [6.45, 7) is 5.49. The van der Waals surface area contributed by atoms with Gasteiger partial charge in [0.1, 0.15) is 11.6 Å². The zero-order valence-electron chi connectivity index (χ0n) is 15.6. The van der Waals surface area contributed by atoms with Crippen molar-refractivity contribution in [3.63, 3.8) is 0 Å². The second-order valence-electron chi connectivity index (χ2n) is 6.59. The Morgan fingerprint density at radius 3 is 2.68 bits per heavy atom. The van der Waals surface area contributed by atoms with Gasteiger partial charge in [-0.1, -0.05) is 6.07 Å². The molecule has 0 radical (unpaired) electrons. The van der Waals surface area contributed by atoms with Gasteiger partial charge in [-0.3, -0.25) is 0 Å². The van der Waals surface area contributed by atoms with E-state index in [0.717, 1.165) is 42.7 Å². The van der Waals surface area contributed by atoms with Gasteiger partial charge in [0.15, 0.2) is 11.1 Å². The van der Waals surface area contributed by atoms with Gasteiger partial charge < -0.3 is 20.1 Å². The third kappa shape index (κ3) is 3.84. The fourth-order valence-corrected chi connectivity index (χ4v) is 3.94. The molecular weight excluding hydrogens is 377 g/mol. The number of imidazole rings is 1. The summed E-state index contributed by atoms with van der Waals surface area (Å²) in [6.07, 6.45) is 5.22. The van der Waals surface area contributed by atoms with E-state index < -0.39 is 0 Å². The van der Waals surface area contributed by atoms with Crippen molar-refractivity contribution < 1.29 is 4.39 Å². The Labute approximate surface area is 167 Å². The number of rotatable bonds is 4. The molecule has 0 atom stereocenters. The van der Waals surface area contributed by atoms with Crippen molar-refractivity contribution in [3.8, 4) is 5.69 Å². The molecule has 146 valence electrons. The van der Waals surface area contributed by atoms with Crippen molar-refractivity contribution in [1.29, 1.82) is 0 Å². The minimum atomic E-state index is -0.301. The standard InChI is InChI=1S/C19H22FN7S/c1-14-22-4-6-27(14)17-3-2-15(12-16(17)20)13-24-18(21)25-7-9-26(10-8-25)19-23-5-11-28-19/h2-6,11-12H,7-10,13H2,1H3,(H2,21,24). The maximum Gasteiger partial charge on any atom is 0.191 e. The van der Waals surface area contributed by atoms with Crippen LogP contribution in [0.1, 0.15) is 11.4 Å². The number of anilines is 1. The van der Waals surface area contributed by atoms with Crippen molar-refractivity contribution in [2.45, 2.75) is 13.5 Å². The number of halogens is 1. The maximum absolute atomic E-state index is 14.5. The molecule has 0 bridgehead atoms. The third-order valence-corrected chi connectivity index (χ3v) is 5.65. The molecule has 2 aromatic heterocycles. The molecule has 7 nitrogen and oxygen atoms in total. The molecule has 0 saturated carbocycles. The summed E-state index contributed by atoms with van der Waals surface area (Å²) in [4.78, 5) is 17.3. The summed E-state index contributed by atoms with van der Waals surface area (Å²) in [6, 6.07) is 5.12. The Bertz CT molecular complexity index is 959. The summed E-state index contributed by atoms with van der Waals surface area (Å²) in [5.74, 6) is 0.934. The fraction of sp³-hybridized carbons (Fsp3) is 0.316. The zero-order valence-corrected chi connectivity index (χ0v) is 16.4. The Hall–Kier alpha value is -2.94. The Kier molecular flexibility index (Phi) is 5.25. The van der Waals surface area contributed by atoms with Gasteiger partial charge in [0.05, 0.1) is 12.2 Å². The number of aryl methyl sites for hydroxylation is 1. The van der Waals surface area contributed by atoms with E-state index in [1.807, 2.05) is 24.6 Å². The van der Waals surface area contributed by atoms with Crippen LogP contribution in [0.3, 0.4) is 0 Å². The number of nitrogens with two attached hydrogens (primary N) is 1. The van der Waals surface area contributed by atoms with Crippen molar-refractivity contribution in [1.82, 2.24) is 19.4 Å². The number of guanidine groups is 1. The van der Waals surface area contributed by atoms with Crippen molar-refractivity contribution in [2.24, 2.45) is 10.7 Å². The molecule has 0 unspecified atom stereocenters. The summed E-state index contributed by atoms with van der Waals surface area (Å²) in [7, 11) is 0. The van der Waals surface area contributed by atoms with Gasteiger partial charge in [-0.05, 0) is 24.6 Å². The average molecular weight is 399 g/mol. The SMILES string of the molecule is Cc1nccn1-c1ccc(CN=C(N)N2CCN(c3nccs3)CC2)cc1F. The number of hydrogen-bond acceptors (Lipinski definition) is 5. The van der Waals surface area contributed by atoms with E-state index in [2.05, 4.69) is 24.8 Å². The van der Waals surface area contributed by atoms with Gasteiger partial charge in [-0.25, -0.2) is 19.4 Å². The highest BCUT2D eigenvalue weighted by molar-refractivity contribution is 7.13. The van der Waals surface area contributed by atoms with Gasteiger partial charge >= 0.3 is 0 Å². The summed E-state index contributed by atoms with van der Waals surface area (Å²) in [5.41, 5.74) is 7.43. The predicted molar refractivity (Wildman–Crippen MR) is 109 cm³/mol. The maximum atomic E-state index is 14.5. The van der Waals surface area contributed by atoms with E-state index in [4.69, 9.17) is 5.73 Å². The number of benzene rings is 1. The lowest BCUT2D eigenvalue weighted by molar-refractivity contribution is 0.380. The number of piperazine rings is 1. The van der Waals surface area contributed by atoms with Crippen LogP contribution in [0.2, 0.25) is 0 Å². The van der Waals surface area contributed by atoms with Crippen LogP contribution in [0, 0.1) is 12.7 Å². The van der Waals surface area contributed by atoms with Crippen LogP contribution in [-0.4, -0.2) is 51.6 Å². The molecule has 1 aromatic carbocycles. The molecule has 1 saturated heterocycles. The Morgan fingerprint density at radius 2 is 2.04 bits per heavy atom. The molecule has 0 spiro atoms. The molecule has 1 fully saturated rings. The second kappa shape index (κ2) is 7.97. The molecule has 0 amide bonds. The molecule has 9 heteroatoms. The number of hydrogen-bond donors (Lipinski definition) is 1. The molecule has 28 heavy (non-hydrogen) atoms. The molecule has 1 aliphatic rings. The van der Waals surface area contributed by atoms with Gasteiger partial charge in [-0.15, -0.1) is 11.3 Å². The summed E-state index contributed by atoms with van der Waals surface area (Å²) >= 11 is 1.64. The lowest BCUT2D eigenvalue weighted by Crippen LogP contribution is -2.51. The zero-order chi connectivity index (χ0) is 19.5. The van der Waals surface area contributed by atoms with E-state index >= 15 is 0 Å². The van der Waals surface area contributed by atoms with Crippen LogP contribution in [-0.2, 0) is 6.54 Å². The van der Waals surface area contributed by atoms with Crippen LogP contribution in [0.4, 0.5) is 9.52 Å². The minimum Gasteiger partial charge on any atom is -0.370 e. The number of nitrogens with zero attached hydrogens (tertiary/aromatic N) is 6. The quantitative estimate of drug-likeness (QED) is 0.539. The second-order valence-corrected chi connectivity index (χ2v) is 7.47. The fourth-order valence-electron chi connectivity index (χ4n) is 3.25. The minimum absolute atomic E-state index is 0.301. The molecule has 4 rings (SSSR count). The van der Waals surface area contributed by atoms with Gasteiger partial charge in [0, 0.05) is 50.1 Å². The van der Waals surface area contributed by atoms with Crippen LogP contribution in [0.25, 0.3) is 5.69 Å². The van der Waals surface area contributed by atoms with E-state index in [1.165, 1.54) is 6.07 Å². The molecule has 3 aromatic rings. The molecular formula is C19H22FN7S. The lowest BCUT2D eigenvalue weighted by Gasteiger charge is -2.35. The largest absolute Gasteiger partial charge is 0.370 e. The van der Waals surface area contributed by atoms with E-state index in [9.17, 15) is 4.39 Å². The smallest absolute Gasteiger partial charge is 0.191 e. The van der Waals surface area contributed by atoms with Gasteiger partial charge in [0.2, 0.25) is 0 Å². The van der Waals surface area contributed by atoms with Crippen LogP contribution >= 0.6 is 11.3 Å². The highest BCUT2D eigenvalue weighted by atomic mass is 32.1. The number of aliphatic imine (C=N–C) groups is 1. The van der Waals surface area contributed by atoms with E-state index in [0.29, 0.717) is 18.2 Å². The van der Waals surface area contributed by atoms with Crippen molar-refractivity contribution >= 4 is 22.4 Å². The van der Waals surface area contributed by atoms with E-state index in [1.54, 1.807) is 34.4 Å². The normalized spacial score (nSPS) is 15.3. The first-order valence-electron chi connectivity index (χ1n) is 9.10. The monoisotopic (exact) mass is 399 g/mol. The van der Waals surface area contributed by atoms with E-state index in [-0.39, 0.29) is 5.82 Å². The van der Waals surface area contributed by atoms with Gasteiger partial charge in [-0.2, -0.15) is 0 Å². The predicted octanol–water partition coefficient (Wildman–Crippen LogP) is 2.41. The average Bonchev–Trinajstić information content (AvgIpc) is 3.38. The first-order chi connectivity index (χ1) is 13.6. The van der Waals surface area contributed by atoms with Crippen molar-refractivity contribution in [2.75, 3.05) is 31.1 Å². The van der Waals surface area contributed by atoms with Gasteiger partial charge in [0.25, 0.3) is 0 Å².